The lowest BCUT2D eigenvalue weighted by molar-refractivity contribution is -0.114. The predicted octanol–water partition coefficient (Wildman–Crippen LogP) is 3.90. The Bertz CT molecular complexity index is 1010. The molecule has 0 saturated carbocycles. The van der Waals surface area contributed by atoms with Crippen LogP contribution in [0.2, 0.25) is 0 Å². The molecule has 0 aromatic heterocycles. The van der Waals surface area contributed by atoms with Gasteiger partial charge in [0.25, 0.3) is 0 Å². The lowest BCUT2D eigenvalue weighted by Crippen LogP contribution is -2.35. The molecular weight excluding hydrogens is 424 g/mol. The number of carbonyl (C=O) groups is 1. The van der Waals surface area contributed by atoms with E-state index in [1.807, 2.05) is 24.3 Å². The molecule has 2 aromatic rings. The molecule has 2 aromatic carbocycles. The lowest BCUT2D eigenvalue weighted by atomic mass is 10.1. The summed E-state index contributed by atoms with van der Waals surface area (Å²) in [6, 6.07) is 14.6. The molecule has 0 bridgehead atoms. The predicted molar refractivity (Wildman–Crippen MR) is 129 cm³/mol. The van der Waals surface area contributed by atoms with Gasteiger partial charge < -0.3 is 15.5 Å². The van der Waals surface area contributed by atoms with Gasteiger partial charge in [-0.15, -0.1) is 0 Å². The summed E-state index contributed by atoms with van der Waals surface area (Å²) in [5, 5.41) is 5.93. The Morgan fingerprint density at radius 1 is 0.812 bits per heavy atom. The van der Waals surface area contributed by atoms with E-state index in [4.69, 9.17) is 0 Å². The molecular formula is C24H32N4O3S. The topological polar surface area (TPSA) is 81.8 Å². The Morgan fingerprint density at radius 2 is 1.47 bits per heavy atom. The molecule has 1 amide bonds. The quantitative estimate of drug-likeness (QED) is 0.660. The minimum Gasteiger partial charge on any atom is -0.376 e. The smallest absolute Gasteiger partial charge is 0.243 e. The first-order valence-electron chi connectivity index (χ1n) is 11.5. The molecule has 8 heteroatoms. The molecule has 2 N–H and O–H groups in total. The van der Waals surface area contributed by atoms with Crippen molar-refractivity contribution in [2.24, 2.45) is 0 Å². The molecule has 0 aliphatic carbocycles. The standard InChI is InChI=1S/C24H32N4O3S/c29-24(26-20-10-12-22(13-11-20)27-14-3-1-4-15-27)19-25-21-8-7-9-23(18-21)32(30,31)28-16-5-2-6-17-28/h7-13,18,25H,1-6,14-17,19H2,(H,26,29). The van der Waals surface area contributed by atoms with Gasteiger partial charge in [-0.05, 0) is 74.6 Å². The Morgan fingerprint density at radius 3 is 2.16 bits per heavy atom. The first-order valence-corrected chi connectivity index (χ1v) is 13.0. The van der Waals surface area contributed by atoms with E-state index in [-0.39, 0.29) is 17.3 Å². The molecule has 0 unspecified atom stereocenters. The second-order valence-electron chi connectivity index (χ2n) is 8.49. The highest BCUT2D eigenvalue weighted by molar-refractivity contribution is 7.89. The maximum atomic E-state index is 12.9. The van der Waals surface area contributed by atoms with Gasteiger partial charge in [0.05, 0.1) is 11.4 Å². The minimum absolute atomic E-state index is 0.0566. The van der Waals surface area contributed by atoms with Crippen molar-refractivity contribution >= 4 is 33.0 Å². The number of benzene rings is 2. The number of nitrogens with one attached hydrogen (secondary N) is 2. The number of rotatable bonds is 7. The molecule has 0 radical (unpaired) electrons. The van der Waals surface area contributed by atoms with Crippen LogP contribution in [0, 0.1) is 0 Å². The number of amides is 1. The van der Waals surface area contributed by atoms with Crippen molar-refractivity contribution < 1.29 is 13.2 Å². The van der Waals surface area contributed by atoms with E-state index >= 15 is 0 Å². The summed E-state index contributed by atoms with van der Waals surface area (Å²) in [7, 11) is -3.50. The maximum absolute atomic E-state index is 12.9. The highest BCUT2D eigenvalue weighted by atomic mass is 32.2. The first-order chi connectivity index (χ1) is 15.5. The van der Waals surface area contributed by atoms with E-state index in [0.717, 1.165) is 38.0 Å². The lowest BCUT2D eigenvalue weighted by Gasteiger charge is -2.28. The zero-order valence-electron chi connectivity index (χ0n) is 18.4. The molecule has 2 heterocycles. The Labute approximate surface area is 190 Å². The maximum Gasteiger partial charge on any atom is 0.243 e. The fourth-order valence-electron chi connectivity index (χ4n) is 4.32. The first kappa shape index (κ1) is 22.6. The van der Waals surface area contributed by atoms with E-state index in [2.05, 4.69) is 15.5 Å². The molecule has 2 fully saturated rings. The van der Waals surface area contributed by atoms with Crippen molar-refractivity contribution in [3.63, 3.8) is 0 Å². The second-order valence-corrected chi connectivity index (χ2v) is 10.4. The monoisotopic (exact) mass is 456 g/mol. The molecule has 2 aliphatic heterocycles. The average Bonchev–Trinajstić information content (AvgIpc) is 2.84. The van der Waals surface area contributed by atoms with Crippen LogP contribution in [0.4, 0.5) is 17.1 Å². The number of sulfonamides is 1. The summed E-state index contributed by atoms with van der Waals surface area (Å²) in [6.45, 7) is 3.36. The molecule has 7 nitrogen and oxygen atoms in total. The Balaban J connectivity index is 1.31. The van der Waals surface area contributed by atoms with Gasteiger partial charge in [0.1, 0.15) is 0 Å². The van der Waals surface area contributed by atoms with E-state index in [1.165, 1.54) is 24.9 Å². The van der Waals surface area contributed by atoms with Crippen molar-refractivity contribution in [1.29, 1.82) is 0 Å². The fourth-order valence-corrected chi connectivity index (χ4v) is 5.88. The van der Waals surface area contributed by atoms with E-state index in [0.29, 0.717) is 18.8 Å². The minimum atomic E-state index is -3.50. The molecule has 32 heavy (non-hydrogen) atoms. The van der Waals surface area contributed by atoms with Crippen LogP contribution in [0.3, 0.4) is 0 Å². The summed E-state index contributed by atoms with van der Waals surface area (Å²) in [5.74, 6) is -0.181. The fraction of sp³-hybridized carbons (Fsp3) is 0.458. The van der Waals surface area contributed by atoms with Crippen molar-refractivity contribution in [1.82, 2.24) is 4.31 Å². The van der Waals surface area contributed by atoms with Crippen LogP contribution in [0.5, 0.6) is 0 Å². The van der Waals surface area contributed by atoms with Crippen molar-refractivity contribution in [2.45, 2.75) is 43.4 Å². The number of piperidine rings is 2. The van der Waals surface area contributed by atoms with Gasteiger partial charge in [-0.3, -0.25) is 4.79 Å². The number of hydrogen-bond acceptors (Lipinski definition) is 5. The molecule has 172 valence electrons. The third-order valence-electron chi connectivity index (χ3n) is 6.11. The van der Waals surface area contributed by atoms with Gasteiger partial charge in [0, 0.05) is 43.2 Å². The van der Waals surface area contributed by atoms with Gasteiger partial charge in [-0.25, -0.2) is 8.42 Å². The van der Waals surface area contributed by atoms with E-state index < -0.39 is 10.0 Å². The van der Waals surface area contributed by atoms with Crippen LogP contribution in [0.15, 0.2) is 53.4 Å². The van der Waals surface area contributed by atoms with Gasteiger partial charge in [0.15, 0.2) is 0 Å². The zero-order valence-corrected chi connectivity index (χ0v) is 19.2. The Kier molecular flexibility index (Phi) is 7.32. The number of nitrogens with zero attached hydrogens (tertiary/aromatic N) is 2. The highest BCUT2D eigenvalue weighted by Crippen LogP contribution is 2.24. The highest BCUT2D eigenvalue weighted by Gasteiger charge is 2.26. The SMILES string of the molecule is O=C(CNc1cccc(S(=O)(=O)N2CCCCC2)c1)Nc1ccc(N2CCCCC2)cc1. The summed E-state index contributed by atoms with van der Waals surface area (Å²) in [6.07, 6.45) is 6.62. The third kappa shape index (κ3) is 5.61. The van der Waals surface area contributed by atoms with Gasteiger partial charge >= 0.3 is 0 Å². The van der Waals surface area contributed by atoms with E-state index in [1.54, 1.807) is 28.6 Å². The Hall–Kier alpha value is -2.58. The normalized spacial score (nSPS) is 17.7. The third-order valence-corrected chi connectivity index (χ3v) is 8.01. The second kappa shape index (κ2) is 10.4. The molecule has 2 aliphatic rings. The molecule has 0 spiro atoms. The van der Waals surface area contributed by atoms with Gasteiger partial charge in [0.2, 0.25) is 15.9 Å². The van der Waals surface area contributed by atoms with Crippen LogP contribution >= 0.6 is 0 Å². The number of anilines is 3. The molecule has 2 saturated heterocycles. The summed E-state index contributed by atoms with van der Waals surface area (Å²) >= 11 is 0. The zero-order chi connectivity index (χ0) is 22.4. The van der Waals surface area contributed by atoms with Crippen molar-refractivity contribution in [3.8, 4) is 0 Å². The summed E-state index contributed by atoms with van der Waals surface area (Å²) in [5.41, 5.74) is 2.55. The van der Waals surface area contributed by atoms with Crippen molar-refractivity contribution in [2.75, 3.05) is 48.3 Å². The van der Waals surface area contributed by atoms with Crippen LogP contribution in [-0.4, -0.2) is 51.4 Å². The van der Waals surface area contributed by atoms with Crippen LogP contribution < -0.4 is 15.5 Å². The summed E-state index contributed by atoms with van der Waals surface area (Å²) < 4.78 is 27.3. The van der Waals surface area contributed by atoms with Crippen molar-refractivity contribution in [3.05, 3.63) is 48.5 Å². The van der Waals surface area contributed by atoms with Gasteiger partial charge in [-0.2, -0.15) is 4.31 Å². The largest absolute Gasteiger partial charge is 0.376 e. The molecule has 4 rings (SSSR count). The number of hydrogen-bond donors (Lipinski definition) is 2. The van der Waals surface area contributed by atoms with Crippen LogP contribution in [0.25, 0.3) is 0 Å². The van der Waals surface area contributed by atoms with Crippen LogP contribution in [0.1, 0.15) is 38.5 Å². The average molecular weight is 457 g/mol. The van der Waals surface area contributed by atoms with E-state index in [9.17, 15) is 13.2 Å². The summed E-state index contributed by atoms with van der Waals surface area (Å²) in [4.78, 5) is 15.0. The molecule has 0 atom stereocenters. The van der Waals surface area contributed by atoms with Gasteiger partial charge in [-0.1, -0.05) is 12.5 Å². The number of carbonyl (C=O) groups excluding carboxylic acids is 1. The van der Waals surface area contributed by atoms with Crippen LogP contribution in [-0.2, 0) is 14.8 Å².